The number of esters is 1. The van der Waals surface area contributed by atoms with Gasteiger partial charge in [-0.05, 0) is 43.3 Å². The fourth-order valence-corrected chi connectivity index (χ4v) is 2.49. The third-order valence-electron chi connectivity index (χ3n) is 3.35. The monoisotopic (exact) mass is 435 g/mol. The minimum absolute atomic E-state index is 0.0758. The molecule has 1 amide bonds. The third-order valence-corrected chi connectivity index (χ3v) is 3.88. The largest absolute Gasteiger partial charge is 0.477 e. The number of anilines is 1. The fourth-order valence-electron chi connectivity index (χ4n) is 2.03. The highest BCUT2D eigenvalue weighted by atomic mass is 35.5. The maximum absolute atomic E-state index is 12.7. The molecule has 0 heterocycles. The summed E-state index contributed by atoms with van der Waals surface area (Å²) in [5.41, 5.74) is -0.989. The summed E-state index contributed by atoms with van der Waals surface area (Å²) in [6.07, 6.45) is -5.62. The summed E-state index contributed by atoms with van der Waals surface area (Å²) in [7, 11) is 0. The summed E-state index contributed by atoms with van der Waals surface area (Å²) in [4.78, 5) is 23.7. The van der Waals surface area contributed by atoms with Crippen LogP contribution in [0.5, 0.6) is 5.75 Å². The van der Waals surface area contributed by atoms with Crippen molar-refractivity contribution in [3.63, 3.8) is 0 Å². The molecule has 2 rings (SSSR count). The molecule has 0 unspecified atom stereocenters. The Balaban J connectivity index is 1.87. The van der Waals surface area contributed by atoms with E-state index in [1.165, 1.54) is 31.2 Å². The van der Waals surface area contributed by atoms with Crippen LogP contribution in [0.1, 0.15) is 12.5 Å². The lowest BCUT2D eigenvalue weighted by atomic mass is 10.2. The summed E-state index contributed by atoms with van der Waals surface area (Å²) in [5, 5.41) is 2.80. The van der Waals surface area contributed by atoms with Crippen LogP contribution in [0.2, 0.25) is 10.0 Å². The first-order valence-corrected chi connectivity index (χ1v) is 8.57. The molecule has 2 aromatic rings. The van der Waals surface area contributed by atoms with E-state index in [-0.39, 0.29) is 16.5 Å². The zero-order chi connectivity index (χ0) is 20.9. The molecule has 1 atom stereocenters. The van der Waals surface area contributed by atoms with Crippen LogP contribution in [0.15, 0.2) is 42.5 Å². The van der Waals surface area contributed by atoms with Crippen LogP contribution in [-0.2, 0) is 20.5 Å². The Morgan fingerprint density at radius 1 is 1.14 bits per heavy atom. The molecule has 0 aliphatic heterocycles. The van der Waals surface area contributed by atoms with Gasteiger partial charge in [-0.1, -0.05) is 29.3 Å². The van der Waals surface area contributed by atoms with Crippen molar-refractivity contribution in [1.29, 1.82) is 0 Å². The molecular weight excluding hydrogens is 422 g/mol. The lowest BCUT2D eigenvalue weighted by Gasteiger charge is -2.15. The van der Waals surface area contributed by atoms with E-state index in [2.05, 4.69) is 5.32 Å². The summed E-state index contributed by atoms with van der Waals surface area (Å²) in [6, 6.07) is 8.49. The van der Waals surface area contributed by atoms with Crippen molar-refractivity contribution >= 4 is 40.8 Å². The SMILES string of the molecule is C[C@@H](Oc1ccc(Cl)cc1Cl)C(=O)OCC(=O)Nc1cccc(C(F)(F)F)c1. The van der Waals surface area contributed by atoms with Crippen LogP contribution in [0, 0.1) is 0 Å². The molecule has 0 saturated carbocycles. The standard InChI is InChI=1S/C18H14Cl2F3NO4/c1-10(28-15-6-5-12(19)8-14(15)20)17(26)27-9-16(25)24-13-4-2-3-11(7-13)18(21,22)23/h2-8,10H,9H2,1H3,(H,24,25)/t10-/m1/s1. The predicted molar refractivity (Wildman–Crippen MR) is 97.6 cm³/mol. The van der Waals surface area contributed by atoms with Crippen LogP contribution in [0.25, 0.3) is 0 Å². The molecule has 0 aliphatic rings. The third kappa shape index (κ3) is 6.31. The van der Waals surface area contributed by atoms with E-state index in [0.717, 1.165) is 18.2 Å². The quantitative estimate of drug-likeness (QED) is 0.651. The number of alkyl halides is 3. The number of amides is 1. The van der Waals surface area contributed by atoms with Crippen LogP contribution < -0.4 is 10.1 Å². The summed E-state index contributed by atoms with van der Waals surface area (Å²) in [5.74, 6) is -1.46. The molecule has 0 bridgehead atoms. The molecule has 0 aromatic heterocycles. The first-order valence-electron chi connectivity index (χ1n) is 7.81. The summed E-state index contributed by atoms with van der Waals surface area (Å²) >= 11 is 11.7. The average Bonchev–Trinajstić information content (AvgIpc) is 2.61. The number of benzene rings is 2. The number of carbonyl (C=O) groups excluding carboxylic acids is 2. The van der Waals surface area contributed by atoms with Gasteiger partial charge in [0.2, 0.25) is 0 Å². The zero-order valence-electron chi connectivity index (χ0n) is 14.3. The number of hydrogen-bond donors (Lipinski definition) is 1. The molecule has 0 aliphatic carbocycles. The van der Waals surface area contributed by atoms with E-state index in [1.807, 2.05) is 0 Å². The predicted octanol–water partition coefficient (Wildman–Crippen LogP) is 4.96. The van der Waals surface area contributed by atoms with Gasteiger partial charge in [-0.25, -0.2) is 4.79 Å². The van der Waals surface area contributed by atoms with Crippen LogP contribution in [0.4, 0.5) is 18.9 Å². The van der Waals surface area contributed by atoms with Crippen LogP contribution >= 0.6 is 23.2 Å². The van der Waals surface area contributed by atoms with Gasteiger partial charge >= 0.3 is 12.1 Å². The molecule has 0 radical (unpaired) electrons. The Hall–Kier alpha value is -2.45. The van der Waals surface area contributed by atoms with Crippen molar-refractivity contribution < 1.29 is 32.2 Å². The second-order valence-electron chi connectivity index (χ2n) is 5.57. The van der Waals surface area contributed by atoms with Gasteiger partial charge in [0, 0.05) is 10.7 Å². The maximum atomic E-state index is 12.7. The van der Waals surface area contributed by atoms with E-state index in [4.69, 9.17) is 32.7 Å². The van der Waals surface area contributed by atoms with Crippen molar-refractivity contribution in [2.24, 2.45) is 0 Å². The molecular formula is C18H14Cl2F3NO4. The fraction of sp³-hybridized carbons (Fsp3) is 0.222. The highest BCUT2D eigenvalue weighted by Gasteiger charge is 2.30. The summed E-state index contributed by atoms with van der Waals surface area (Å²) in [6.45, 7) is 0.690. The molecule has 1 N–H and O–H groups in total. The first-order chi connectivity index (χ1) is 13.1. The van der Waals surface area contributed by atoms with Gasteiger partial charge in [-0.3, -0.25) is 4.79 Å². The normalized spacial score (nSPS) is 12.2. The van der Waals surface area contributed by atoms with Crippen molar-refractivity contribution in [1.82, 2.24) is 0 Å². The molecule has 0 saturated heterocycles. The van der Waals surface area contributed by atoms with Gasteiger partial charge < -0.3 is 14.8 Å². The molecule has 5 nitrogen and oxygen atoms in total. The highest BCUT2D eigenvalue weighted by molar-refractivity contribution is 6.35. The molecule has 0 fully saturated rings. The molecule has 2 aromatic carbocycles. The number of nitrogens with one attached hydrogen (secondary N) is 1. The Bertz CT molecular complexity index is 874. The Morgan fingerprint density at radius 2 is 1.86 bits per heavy atom. The summed E-state index contributed by atoms with van der Waals surface area (Å²) < 4.78 is 48.1. The lowest BCUT2D eigenvalue weighted by Crippen LogP contribution is -2.29. The van der Waals surface area contributed by atoms with Gasteiger partial charge in [0.15, 0.2) is 12.7 Å². The average molecular weight is 436 g/mol. The first kappa shape index (κ1) is 21.8. The number of carbonyl (C=O) groups is 2. The number of rotatable bonds is 6. The Kier molecular flexibility index (Phi) is 7.15. The van der Waals surface area contributed by atoms with Crippen molar-refractivity contribution in [2.45, 2.75) is 19.2 Å². The number of halogens is 5. The Morgan fingerprint density at radius 3 is 2.50 bits per heavy atom. The van der Waals surface area contributed by atoms with E-state index in [9.17, 15) is 22.8 Å². The van der Waals surface area contributed by atoms with Crippen molar-refractivity contribution in [3.05, 3.63) is 58.1 Å². The van der Waals surface area contributed by atoms with Crippen LogP contribution in [0.3, 0.4) is 0 Å². The van der Waals surface area contributed by atoms with Gasteiger partial charge in [0.25, 0.3) is 5.91 Å². The van der Waals surface area contributed by atoms with E-state index in [1.54, 1.807) is 0 Å². The maximum Gasteiger partial charge on any atom is 0.416 e. The minimum atomic E-state index is -4.54. The highest BCUT2D eigenvalue weighted by Crippen LogP contribution is 2.31. The second kappa shape index (κ2) is 9.16. The van der Waals surface area contributed by atoms with E-state index < -0.39 is 36.3 Å². The van der Waals surface area contributed by atoms with Crippen molar-refractivity contribution in [3.8, 4) is 5.75 Å². The minimum Gasteiger partial charge on any atom is -0.477 e. The zero-order valence-corrected chi connectivity index (χ0v) is 15.9. The molecule has 10 heteroatoms. The van der Waals surface area contributed by atoms with Gasteiger partial charge in [0.05, 0.1) is 10.6 Å². The topological polar surface area (TPSA) is 64.6 Å². The Labute approximate surface area is 168 Å². The number of ether oxygens (including phenoxy) is 2. The van der Waals surface area contributed by atoms with Gasteiger partial charge in [0.1, 0.15) is 5.75 Å². The van der Waals surface area contributed by atoms with E-state index >= 15 is 0 Å². The second-order valence-corrected chi connectivity index (χ2v) is 6.41. The van der Waals surface area contributed by atoms with Crippen LogP contribution in [-0.4, -0.2) is 24.6 Å². The van der Waals surface area contributed by atoms with E-state index in [0.29, 0.717) is 5.02 Å². The number of hydrogen-bond acceptors (Lipinski definition) is 4. The van der Waals surface area contributed by atoms with Gasteiger partial charge in [-0.2, -0.15) is 13.2 Å². The molecule has 0 spiro atoms. The van der Waals surface area contributed by atoms with Gasteiger partial charge in [-0.15, -0.1) is 0 Å². The molecule has 150 valence electrons. The van der Waals surface area contributed by atoms with Crippen molar-refractivity contribution in [2.75, 3.05) is 11.9 Å². The lowest BCUT2D eigenvalue weighted by molar-refractivity contribution is -0.153. The smallest absolute Gasteiger partial charge is 0.416 e. The molecule has 28 heavy (non-hydrogen) atoms.